The van der Waals surface area contributed by atoms with Gasteiger partial charge in [0.15, 0.2) is 0 Å². The molecule has 0 spiro atoms. The highest BCUT2D eigenvalue weighted by Crippen LogP contribution is 2.30. The summed E-state index contributed by atoms with van der Waals surface area (Å²) < 4.78 is 82.1. The van der Waals surface area contributed by atoms with Gasteiger partial charge in [0.1, 0.15) is 5.60 Å². The van der Waals surface area contributed by atoms with Crippen molar-refractivity contribution >= 4 is 5.97 Å². The fourth-order valence-corrected chi connectivity index (χ4v) is 2.13. The molecule has 158 valence electrons. The lowest BCUT2D eigenvalue weighted by atomic mass is 10.1. The molecule has 0 atom stereocenters. The Labute approximate surface area is 161 Å². The zero-order valence-electron chi connectivity index (χ0n) is 15.5. The number of aryl methyl sites for hydroxylation is 1. The first-order valence-electron chi connectivity index (χ1n) is 8.22. The second-order valence-electron chi connectivity index (χ2n) is 6.95. The second kappa shape index (κ2) is 7.91. The van der Waals surface area contributed by atoms with Crippen LogP contribution >= 0.6 is 0 Å². The third-order valence-electron chi connectivity index (χ3n) is 3.24. The molecule has 0 N–H and O–H groups in total. The van der Waals surface area contributed by atoms with E-state index < -0.39 is 35.6 Å². The van der Waals surface area contributed by atoms with Gasteiger partial charge in [-0.1, -0.05) is 0 Å². The monoisotopic (exact) mass is 422 g/mol. The molecule has 0 aliphatic heterocycles. The predicted octanol–water partition coefficient (Wildman–Crippen LogP) is 4.25. The molecule has 12 heteroatoms. The molecule has 0 radical (unpaired) electrons. The molecule has 0 fully saturated rings. The third kappa shape index (κ3) is 6.64. The average molecular weight is 422 g/mol. The number of ether oxygens (including phenoxy) is 1. The molecule has 0 amide bonds. The fraction of sp³-hybridized carbons (Fsp3) is 0.471. The predicted molar refractivity (Wildman–Crippen MR) is 87.2 cm³/mol. The molecule has 0 saturated heterocycles. The first kappa shape index (κ1) is 22.5. The van der Waals surface area contributed by atoms with Crippen LogP contribution in [0.2, 0.25) is 0 Å². The van der Waals surface area contributed by atoms with Gasteiger partial charge in [0.25, 0.3) is 0 Å². The molecule has 0 aliphatic carbocycles. The van der Waals surface area contributed by atoms with Gasteiger partial charge in [0, 0.05) is 30.1 Å². The van der Waals surface area contributed by atoms with E-state index in [2.05, 4.69) is 19.9 Å². The van der Waals surface area contributed by atoms with Gasteiger partial charge in [-0.3, -0.25) is 4.79 Å². The van der Waals surface area contributed by atoms with Crippen molar-refractivity contribution in [1.82, 2.24) is 19.9 Å². The minimum atomic E-state index is -4.90. The zero-order valence-corrected chi connectivity index (χ0v) is 15.5. The van der Waals surface area contributed by atoms with Crippen LogP contribution in [0.4, 0.5) is 26.3 Å². The van der Waals surface area contributed by atoms with E-state index in [0.717, 1.165) is 18.5 Å². The van der Waals surface area contributed by atoms with Gasteiger partial charge in [-0.2, -0.15) is 26.3 Å². The van der Waals surface area contributed by atoms with Crippen molar-refractivity contribution in [3.05, 3.63) is 35.8 Å². The fourth-order valence-electron chi connectivity index (χ4n) is 2.13. The summed E-state index contributed by atoms with van der Waals surface area (Å²) >= 11 is 0. The SMILES string of the molecule is CC(C)(C)OC(=O)CCc1cc(-c2cnc(C(F)(F)F)nc2)nc(C(F)(F)F)n1. The number of carbonyl (C=O) groups is 1. The molecule has 0 aromatic carbocycles. The van der Waals surface area contributed by atoms with Crippen LogP contribution in [0.5, 0.6) is 0 Å². The first-order chi connectivity index (χ1) is 13.1. The van der Waals surface area contributed by atoms with Gasteiger partial charge in [-0.05, 0) is 26.8 Å². The normalized spacial score (nSPS) is 12.7. The van der Waals surface area contributed by atoms with Gasteiger partial charge < -0.3 is 4.74 Å². The number of hydrogen-bond donors (Lipinski definition) is 0. The van der Waals surface area contributed by atoms with Gasteiger partial charge in [0.05, 0.1) is 12.1 Å². The first-order valence-corrected chi connectivity index (χ1v) is 8.22. The minimum absolute atomic E-state index is 0.131. The summed E-state index contributed by atoms with van der Waals surface area (Å²) in [7, 11) is 0. The molecule has 0 aliphatic rings. The molecule has 2 aromatic heterocycles. The maximum atomic E-state index is 13.1. The van der Waals surface area contributed by atoms with Crippen LogP contribution in [-0.4, -0.2) is 31.5 Å². The van der Waals surface area contributed by atoms with E-state index in [9.17, 15) is 31.1 Å². The molecule has 0 bridgehead atoms. The van der Waals surface area contributed by atoms with Crippen LogP contribution in [0.25, 0.3) is 11.3 Å². The van der Waals surface area contributed by atoms with Crippen molar-refractivity contribution in [2.24, 2.45) is 0 Å². The highest BCUT2D eigenvalue weighted by Gasteiger charge is 2.36. The minimum Gasteiger partial charge on any atom is -0.460 e. The van der Waals surface area contributed by atoms with Crippen molar-refractivity contribution < 1.29 is 35.9 Å². The van der Waals surface area contributed by atoms with Crippen LogP contribution in [0.3, 0.4) is 0 Å². The van der Waals surface area contributed by atoms with E-state index in [0.29, 0.717) is 0 Å². The van der Waals surface area contributed by atoms with Crippen LogP contribution in [0, 0.1) is 0 Å². The Hall–Kier alpha value is -2.79. The van der Waals surface area contributed by atoms with E-state index in [1.54, 1.807) is 20.8 Å². The number of halogens is 6. The van der Waals surface area contributed by atoms with Crippen molar-refractivity contribution in [1.29, 1.82) is 0 Å². The molecule has 29 heavy (non-hydrogen) atoms. The van der Waals surface area contributed by atoms with Crippen molar-refractivity contribution in [2.75, 3.05) is 0 Å². The maximum Gasteiger partial charge on any atom is 0.451 e. The Morgan fingerprint density at radius 1 is 0.931 bits per heavy atom. The standard InChI is InChI=1S/C17H16F6N4O2/c1-15(2,3)29-12(28)5-4-10-6-11(27-14(26-10)17(21,22)23)9-7-24-13(25-8-9)16(18,19)20/h6-8H,4-5H2,1-3H3. The number of esters is 1. The summed E-state index contributed by atoms with van der Waals surface area (Å²) in [6.07, 6.45) is -8.68. The largest absolute Gasteiger partial charge is 0.460 e. The van der Waals surface area contributed by atoms with E-state index in [-0.39, 0.29) is 29.8 Å². The zero-order chi connectivity index (χ0) is 22.0. The van der Waals surface area contributed by atoms with Gasteiger partial charge >= 0.3 is 18.3 Å². The summed E-state index contributed by atoms with van der Waals surface area (Å²) in [5.74, 6) is -3.56. The smallest absolute Gasteiger partial charge is 0.451 e. The average Bonchev–Trinajstić information content (AvgIpc) is 2.57. The lowest BCUT2D eigenvalue weighted by molar-refractivity contribution is -0.154. The Bertz CT molecular complexity index is 873. The molecule has 2 rings (SSSR count). The summed E-state index contributed by atoms with van der Waals surface area (Å²) in [4.78, 5) is 24.7. The highest BCUT2D eigenvalue weighted by molar-refractivity contribution is 5.70. The Morgan fingerprint density at radius 3 is 1.97 bits per heavy atom. The Balaban J connectivity index is 2.33. The van der Waals surface area contributed by atoms with Gasteiger partial charge in [-0.15, -0.1) is 0 Å². The Morgan fingerprint density at radius 2 is 1.48 bits per heavy atom. The topological polar surface area (TPSA) is 77.9 Å². The lowest BCUT2D eigenvalue weighted by Crippen LogP contribution is -2.24. The number of nitrogens with zero attached hydrogens (tertiary/aromatic N) is 4. The lowest BCUT2D eigenvalue weighted by Gasteiger charge is -2.19. The number of rotatable bonds is 4. The summed E-state index contributed by atoms with van der Waals surface area (Å²) in [6.45, 7) is 4.92. The van der Waals surface area contributed by atoms with Gasteiger partial charge in [-0.25, -0.2) is 19.9 Å². The van der Waals surface area contributed by atoms with Crippen LogP contribution in [-0.2, 0) is 28.3 Å². The van der Waals surface area contributed by atoms with Gasteiger partial charge in [0.2, 0.25) is 11.6 Å². The number of hydrogen-bond acceptors (Lipinski definition) is 6. The van der Waals surface area contributed by atoms with Crippen LogP contribution in [0.15, 0.2) is 18.5 Å². The highest BCUT2D eigenvalue weighted by atomic mass is 19.4. The van der Waals surface area contributed by atoms with E-state index in [1.165, 1.54) is 0 Å². The van der Waals surface area contributed by atoms with E-state index in [4.69, 9.17) is 4.74 Å². The molecule has 6 nitrogen and oxygen atoms in total. The van der Waals surface area contributed by atoms with Crippen molar-refractivity contribution in [2.45, 2.75) is 51.6 Å². The van der Waals surface area contributed by atoms with Crippen LogP contribution in [0.1, 0.15) is 44.5 Å². The van der Waals surface area contributed by atoms with Crippen molar-refractivity contribution in [3.63, 3.8) is 0 Å². The quantitative estimate of drug-likeness (QED) is 0.542. The van der Waals surface area contributed by atoms with E-state index in [1.807, 2.05) is 0 Å². The Kier molecular flexibility index (Phi) is 6.14. The summed E-state index contributed by atoms with van der Waals surface area (Å²) in [6, 6.07) is 1.13. The molecular weight excluding hydrogens is 406 g/mol. The summed E-state index contributed by atoms with van der Waals surface area (Å²) in [5, 5.41) is 0. The third-order valence-corrected chi connectivity index (χ3v) is 3.24. The number of aromatic nitrogens is 4. The second-order valence-corrected chi connectivity index (χ2v) is 6.95. The molecule has 0 unspecified atom stereocenters. The molecule has 2 heterocycles. The van der Waals surface area contributed by atoms with Crippen molar-refractivity contribution in [3.8, 4) is 11.3 Å². The van der Waals surface area contributed by atoms with E-state index >= 15 is 0 Å². The summed E-state index contributed by atoms with van der Waals surface area (Å²) in [5.41, 5.74) is -1.37. The number of alkyl halides is 6. The molecular formula is C17H16F6N4O2. The maximum absolute atomic E-state index is 13.1. The number of carbonyl (C=O) groups excluding carboxylic acids is 1. The van der Waals surface area contributed by atoms with Crippen LogP contribution < -0.4 is 0 Å². The molecule has 2 aromatic rings. The molecule has 0 saturated carbocycles.